The molecule has 0 unspecified atom stereocenters. The highest BCUT2D eigenvalue weighted by Crippen LogP contribution is 2.40. The molecule has 0 fully saturated rings. The molecule has 13 nitrogen and oxygen atoms in total. The first-order valence-electron chi connectivity index (χ1n) is 13.2. The van der Waals surface area contributed by atoms with Crippen LogP contribution in [-0.2, 0) is 47.4 Å². The lowest BCUT2D eigenvalue weighted by molar-refractivity contribution is -0.262. The van der Waals surface area contributed by atoms with E-state index in [2.05, 4.69) is 10.3 Å². The Kier molecular flexibility index (Phi) is 7.84. The minimum Gasteiger partial charge on any atom is -0.856 e. The Morgan fingerprint density at radius 1 is 1.14 bits per heavy atom. The van der Waals surface area contributed by atoms with Gasteiger partial charge in [0.1, 0.15) is 19.7 Å². The predicted molar refractivity (Wildman–Crippen MR) is 143 cm³/mol. The normalized spacial score (nSPS) is 17.3. The van der Waals surface area contributed by atoms with Gasteiger partial charge < -0.3 is 29.8 Å². The van der Waals surface area contributed by atoms with Crippen molar-refractivity contribution >= 4 is 40.6 Å². The Bertz CT molecular complexity index is 1800. The van der Waals surface area contributed by atoms with Crippen LogP contribution >= 0.6 is 0 Å². The molecule has 2 aliphatic rings. The molecule has 4 heterocycles. The summed E-state index contributed by atoms with van der Waals surface area (Å²) in [4.78, 5) is 70.4. The number of esters is 2. The summed E-state index contributed by atoms with van der Waals surface area (Å²) in [6.45, 7) is -1.22. The molecule has 0 bridgehead atoms. The van der Waals surface area contributed by atoms with Crippen molar-refractivity contribution in [2.45, 2.75) is 38.3 Å². The van der Waals surface area contributed by atoms with Gasteiger partial charge in [0.15, 0.2) is 0 Å². The summed E-state index contributed by atoms with van der Waals surface area (Å²) in [6, 6.07) is 10.9. The molecule has 1 aromatic carbocycles. The van der Waals surface area contributed by atoms with E-state index in [0.717, 1.165) is 10.9 Å². The molecule has 2 amide bonds. The second kappa shape index (κ2) is 11.4. The SMILES string of the molecule is CC[C@@]1(OC(=O)CNC(=O)CNC(=O)CN=C([O-])C(F)(F)F)C(=O)OCc2c1cc1n(c2=O)Cc2cc3ccccc3nc2-1. The molecule has 2 N–H and O–H groups in total. The number of carbonyl (C=O) groups is 4. The van der Waals surface area contributed by atoms with Crippen molar-refractivity contribution in [2.75, 3.05) is 19.6 Å². The van der Waals surface area contributed by atoms with Crippen molar-refractivity contribution in [2.24, 2.45) is 4.99 Å². The fourth-order valence-electron chi connectivity index (χ4n) is 5.01. The first kappa shape index (κ1) is 30.2. The van der Waals surface area contributed by atoms with Gasteiger partial charge in [-0.25, -0.2) is 9.78 Å². The fourth-order valence-corrected chi connectivity index (χ4v) is 5.01. The van der Waals surface area contributed by atoms with Crippen LogP contribution in [0.1, 0.15) is 30.0 Å². The van der Waals surface area contributed by atoms with Gasteiger partial charge in [-0.3, -0.25) is 24.2 Å². The first-order chi connectivity index (χ1) is 20.8. The number of rotatable bonds is 8. The zero-order chi connectivity index (χ0) is 31.8. The Balaban J connectivity index is 1.31. The van der Waals surface area contributed by atoms with Crippen molar-refractivity contribution in [1.82, 2.24) is 20.2 Å². The summed E-state index contributed by atoms with van der Waals surface area (Å²) in [5, 5.41) is 15.7. The lowest BCUT2D eigenvalue weighted by Gasteiger charge is -2.35. The molecular weight excluding hydrogens is 591 g/mol. The van der Waals surface area contributed by atoms with Crippen LogP contribution in [0.3, 0.4) is 0 Å². The van der Waals surface area contributed by atoms with Gasteiger partial charge in [-0.2, -0.15) is 13.2 Å². The van der Waals surface area contributed by atoms with Crippen LogP contribution in [0.2, 0.25) is 0 Å². The number of aliphatic imine (C=N–C) groups is 1. The molecule has 230 valence electrons. The minimum atomic E-state index is -5.23. The van der Waals surface area contributed by atoms with Crippen LogP contribution in [-0.4, -0.2) is 65.0 Å². The van der Waals surface area contributed by atoms with E-state index in [1.165, 1.54) is 4.57 Å². The van der Waals surface area contributed by atoms with E-state index in [9.17, 15) is 42.3 Å². The smallest absolute Gasteiger partial charge is 0.419 e. The molecule has 3 aromatic rings. The quantitative estimate of drug-likeness (QED) is 0.159. The number of hydrogen-bond donors (Lipinski definition) is 2. The van der Waals surface area contributed by atoms with E-state index in [-0.39, 0.29) is 30.7 Å². The Morgan fingerprint density at radius 3 is 2.59 bits per heavy atom. The minimum absolute atomic E-state index is 0.115. The first-order valence-corrected chi connectivity index (χ1v) is 13.2. The molecule has 44 heavy (non-hydrogen) atoms. The molecular formula is C28H23F3N5O8-. The van der Waals surface area contributed by atoms with Crippen LogP contribution in [0.4, 0.5) is 13.2 Å². The Hall–Kier alpha value is -5.28. The molecule has 16 heteroatoms. The standard InChI is InChI=1S/C28H24F3N5O8/c1-2-27(44-22(39)11-33-20(37)9-32-21(38)10-34-25(41)28(29,30)31)17-8-19-23-15(7-14-5-3-4-6-18(14)35-23)12-36(19)24(40)16(17)13-43-26(27)42/h3-8H,2,9-13H2,1H3,(H,32,38)(H,33,37)(H,34,41)/p-1/t27-/m0/s1. The molecule has 1 atom stereocenters. The van der Waals surface area contributed by atoms with Crippen LogP contribution in [0.5, 0.6) is 0 Å². The van der Waals surface area contributed by atoms with E-state index in [1.54, 1.807) is 13.0 Å². The van der Waals surface area contributed by atoms with Gasteiger partial charge in [0.2, 0.25) is 17.4 Å². The lowest BCUT2D eigenvalue weighted by Crippen LogP contribution is -2.49. The zero-order valence-corrected chi connectivity index (χ0v) is 22.9. The third-order valence-corrected chi connectivity index (χ3v) is 7.16. The van der Waals surface area contributed by atoms with E-state index >= 15 is 0 Å². The van der Waals surface area contributed by atoms with Crippen LogP contribution in [0, 0.1) is 0 Å². The number of aromatic nitrogens is 2. The largest absolute Gasteiger partial charge is 0.856 e. The van der Waals surface area contributed by atoms with Crippen molar-refractivity contribution in [3.63, 3.8) is 0 Å². The maximum absolute atomic E-state index is 13.6. The van der Waals surface area contributed by atoms with Crippen LogP contribution in [0.15, 0.2) is 46.2 Å². The number of amides is 2. The van der Waals surface area contributed by atoms with Crippen molar-refractivity contribution < 1.29 is 46.9 Å². The number of hydrogen-bond acceptors (Lipinski definition) is 10. The van der Waals surface area contributed by atoms with Gasteiger partial charge in [-0.15, -0.1) is 0 Å². The highest BCUT2D eigenvalue weighted by atomic mass is 19.4. The number of cyclic esters (lactones) is 1. The van der Waals surface area contributed by atoms with E-state index in [4.69, 9.17) is 14.5 Å². The summed E-state index contributed by atoms with van der Waals surface area (Å²) in [5.41, 5.74) is 0.299. The second-order valence-electron chi connectivity index (χ2n) is 9.91. The molecule has 0 spiro atoms. The zero-order valence-electron chi connectivity index (χ0n) is 22.9. The predicted octanol–water partition coefficient (Wildman–Crippen LogP) is 0.184. The van der Waals surface area contributed by atoms with Gasteiger partial charge in [-0.1, -0.05) is 25.1 Å². The average molecular weight is 615 g/mol. The summed E-state index contributed by atoms with van der Waals surface area (Å²) in [6.07, 6.45) is -5.35. The maximum Gasteiger partial charge on any atom is 0.419 e. The number of nitrogens with one attached hydrogen (secondary N) is 2. The number of ether oxygens (including phenoxy) is 2. The van der Waals surface area contributed by atoms with E-state index in [0.29, 0.717) is 16.9 Å². The van der Waals surface area contributed by atoms with Crippen molar-refractivity contribution in [3.05, 3.63) is 63.4 Å². The van der Waals surface area contributed by atoms with Crippen LogP contribution in [0.25, 0.3) is 22.3 Å². The number of nitrogens with zero attached hydrogens (tertiary/aromatic N) is 3. The highest BCUT2D eigenvalue weighted by molar-refractivity contribution is 5.91. The number of para-hydroxylation sites is 1. The molecule has 0 radical (unpaired) electrons. The molecule has 0 aliphatic carbocycles. The van der Waals surface area contributed by atoms with Gasteiger partial charge >= 0.3 is 18.1 Å². The van der Waals surface area contributed by atoms with E-state index < -0.39 is 66.6 Å². The second-order valence-corrected chi connectivity index (χ2v) is 9.91. The fraction of sp³-hybridized carbons (Fsp3) is 0.321. The lowest BCUT2D eigenvalue weighted by atomic mass is 9.85. The molecule has 0 saturated heterocycles. The average Bonchev–Trinajstić information content (AvgIpc) is 3.35. The van der Waals surface area contributed by atoms with Gasteiger partial charge in [0.05, 0.1) is 41.5 Å². The topological polar surface area (TPSA) is 181 Å². The summed E-state index contributed by atoms with van der Waals surface area (Å²) < 4.78 is 48.9. The Morgan fingerprint density at radius 2 is 1.86 bits per heavy atom. The summed E-state index contributed by atoms with van der Waals surface area (Å²) in [7, 11) is 0. The van der Waals surface area contributed by atoms with Gasteiger partial charge in [-0.05, 0) is 24.6 Å². The molecule has 5 rings (SSSR count). The summed E-state index contributed by atoms with van der Waals surface area (Å²) in [5.74, 6) is -6.51. The Labute approximate surface area is 245 Å². The number of benzene rings is 1. The monoisotopic (exact) mass is 614 g/mol. The highest BCUT2D eigenvalue weighted by Gasteiger charge is 2.50. The van der Waals surface area contributed by atoms with E-state index in [1.807, 2.05) is 35.6 Å². The summed E-state index contributed by atoms with van der Waals surface area (Å²) >= 11 is 0. The maximum atomic E-state index is 13.6. The van der Waals surface area contributed by atoms with Crippen molar-refractivity contribution in [3.8, 4) is 11.4 Å². The third kappa shape index (κ3) is 5.57. The number of halogens is 3. The van der Waals surface area contributed by atoms with Crippen LogP contribution < -0.4 is 21.3 Å². The van der Waals surface area contributed by atoms with Crippen molar-refractivity contribution in [1.29, 1.82) is 0 Å². The molecule has 2 aliphatic heterocycles. The molecule has 2 aromatic heterocycles. The van der Waals surface area contributed by atoms with Gasteiger partial charge in [0.25, 0.3) is 5.56 Å². The molecule has 0 saturated carbocycles. The number of pyridine rings is 2. The number of alkyl halides is 3. The number of carbonyl (C=O) groups excluding carboxylic acids is 4. The third-order valence-electron chi connectivity index (χ3n) is 7.16. The van der Waals surface area contributed by atoms with Gasteiger partial charge in [0, 0.05) is 16.5 Å². The number of fused-ring (bicyclic) bond motifs is 5.